The molecule has 1 rings (SSSR count). The Morgan fingerprint density at radius 3 is 2.21 bits per heavy atom. The summed E-state index contributed by atoms with van der Waals surface area (Å²) >= 11 is 0. The summed E-state index contributed by atoms with van der Waals surface area (Å²) in [7, 11) is 0. The van der Waals surface area contributed by atoms with Crippen molar-refractivity contribution in [2.24, 2.45) is 5.92 Å². The molecule has 0 aliphatic heterocycles. The van der Waals surface area contributed by atoms with Gasteiger partial charge < -0.3 is 0 Å². The third kappa shape index (κ3) is 8.82. The maximum Gasteiger partial charge on any atom is -0.0182 e. The van der Waals surface area contributed by atoms with Gasteiger partial charge in [-0.3, -0.25) is 0 Å². The zero-order valence-corrected chi connectivity index (χ0v) is 22.8. The molecule has 0 nitrogen and oxygen atoms in total. The molecule has 1 atom stereocenters. The van der Waals surface area contributed by atoms with Crippen LogP contribution in [0.1, 0.15) is 77.5 Å². The lowest BCUT2D eigenvalue weighted by atomic mass is 9.92. The van der Waals surface area contributed by atoms with Crippen molar-refractivity contribution in [2.45, 2.75) is 74.1 Å². The van der Waals surface area contributed by atoms with Crippen LogP contribution in [0.15, 0.2) is 108 Å². The van der Waals surface area contributed by atoms with Crippen molar-refractivity contribution in [3.05, 3.63) is 125 Å². The zero-order chi connectivity index (χ0) is 25.7. The van der Waals surface area contributed by atoms with E-state index >= 15 is 0 Å². The summed E-state index contributed by atoms with van der Waals surface area (Å²) in [6, 6.07) is 6.88. The van der Waals surface area contributed by atoms with Crippen LogP contribution in [0.5, 0.6) is 0 Å². The highest BCUT2D eigenvalue weighted by atomic mass is 14.1. The molecular weight excluding hydrogens is 408 g/mol. The Balaban J connectivity index is 3.32. The lowest BCUT2D eigenvalue weighted by Crippen LogP contribution is -1.97. The summed E-state index contributed by atoms with van der Waals surface area (Å²) in [6.07, 6.45) is 19.1. The van der Waals surface area contributed by atoms with Crippen LogP contribution in [-0.4, -0.2) is 0 Å². The van der Waals surface area contributed by atoms with Gasteiger partial charge in [-0.15, -0.1) is 6.58 Å². The van der Waals surface area contributed by atoms with E-state index in [0.717, 1.165) is 25.7 Å². The third-order valence-corrected chi connectivity index (χ3v) is 6.25. The summed E-state index contributed by atoms with van der Waals surface area (Å²) in [6.45, 7) is 27.4. The fourth-order valence-corrected chi connectivity index (χ4v) is 4.29. The summed E-state index contributed by atoms with van der Waals surface area (Å²) < 4.78 is 0. The molecule has 0 saturated carbocycles. The molecule has 0 aliphatic carbocycles. The highest BCUT2D eigenvalue weighted by Gasteiger charge is 2.07. The average Bonchev–Trinajstić information content (AvgIpc) is 2.82. The van der Waals surface area contributed by atoms with E-state index in [4.69, 9.17) is 0 Å². The van der Waals surface area contributed by atoms with E-state index in [0.29, 0.717) is 5.92 Å². The second-order valence-electron chi connectivity index (χ2n) is 9.19. The maximum absolute atomic E-state index is 4.08. The minimum atomic E-state index is 0.473. The molecule has 34 heavy (non-hydrogen) atoms. The Morgan fingerprint density at radius 1 is 0.971 bits per heavy atom. The monoisotopic (exact) mass is 454 g/mol. The Labute approximate surface area is 210 Å². The molecule has 1 unspecified atom stereocenters. The predicted molar refractivity (Wildman–Crippen MR) is 156 cm³/mol. The van der Waals surface area contributed by atoms with E-state index < -0.39 is 0 Å². The van der Waals surface area contributed by atoms with Crippen molar-refractivity contribution in [1.82, 2.24) is 0 Å². The molecule has 1 aromatic carbocycles. The van der Waals surface area contributed by atoms with Gasteiger partial charge in [-0.2, -0.15) is 0 Å². The van der Waals surface area contributed by atoms with Gasteiger partial charge in [0.15, 0.2) is 0 Å². The number of rotatable bonds is 13. The number of hydrogen-bond acceptors (Lipinski definition) is 0. The van der Waals surface area contributed by atoms with Gasteiger partial charge in [0.1, 0.15) is 0 Å². The van der Waals surface area contributed by atoms with Crippen molar-refractivity contribution in [3.63, 3.8) is 0 Å². The topological polar surface area (TPSA) is 0 Å². The molecule has 0 saturated heterocycles. The fraction of sp³-hybridized carbons (Fsp3) is 0.353. The smallest absolute Gasteiger partial charge is 0.0182 e. The number of allylic oxidation sites excluding steroid dienone is 13. The van der Waals surface area contributed by atoms with Crippen molar-refractivity contribution in [3.8, 4) is 0 Å². The average molecular weight is 455 g/mol. The SMILES string of the molecule is C=C/C(CCC)=C(C=C)/C(C)=C(/C=C(C)/C=C\C(=C/C)c1cc(C)cc(CC(C)C=C)c1)CC. The molecule has 182 valence electrons. The summed E-state index contributed by atoms with van der Waals surface area (Å²) in [5.74, 6) is 0.473. The Bertz CT molecular complexity index is 1010. The van der Waals surface area contributed by atoms with Gasteiger partial charge in [0.25, 0.3) is 0 Å². The molecule has 0 amide bonds. The standard InChI is InChI=1S/C34H46/c1-11-17-31(14-4)34(16-6)28(10)32(15-5)22-26(8)18-19-30(13-3)33-23-27(9)21-29(24-33)20-25(7)12-2/h12-14,16,18-19,21-25H,2,4,6,11,15,17,20H2,1,3,5,7-10H3/b19-18-,26-22+,30-13+,32-28+,34-31-. The van der Waals surface area contributed by atoms with Crippen LogP contribution in [-0.2, 0) is 6.42 Å². The van der Waals surface area contributed by atoms with Crippen LogP contribution < -0.4 is 0 Å². The van der Waals surface area contributed by atoms with Crippen LogP contribution >= 0.6 is 0 Å². The summed E-state index contributed by atoms with van der Waals surface area (Å²) in [5.41, 5.74) is 11.5. The zero-order valence-electron chi connectivity index (χ0n) is 22.8. The van der Waals surface area contributed by atoms with Gasteiger partial charge in [-0.25, -0.2) is 0 Å². The number of hydrogen-bond donors (Lipinski definition) is 0. The molecule has 0 fully saturated rings. The first-order chi connectivity index (χ1) is 16.2. The van der Waals surface area contributed by atoms with Crippen LogP contribution in [0.2, 0.25) is 0 Å². The Hall–Kier alpha value is -2.86. The molecule has 0 aliphatic rings. The van der Waals surface area contributed by atoms with Gasteiger partial charge in [0.05, 0.1) is 0 Å². The molecule has 0 radical (unpaired) electrons. The molecule has 0 spiro atoms. The van der Waals surface area contributed by atoms with Gasteiger partial charge in [0.2, 0.25) is 0 Å². The molecule has 0 aromatic heterocycles. The van der Waals surface area contributed by atoms with Crippen LogP contribution in [0, 0.1) is 12.8 Å². The summed E-state index contributed by atoms with van der Waals surface area (Å²) in [4.78, 5) is 0. The van der Waals surface area contributed by atoms with E-state index in [2.05, 4.69) is 111 Å². The highest BCUT2D eigenvalue weighted by molar-refractivity contribution is 5.75. The van der Waals surface area contributed by atoms with E-state index in [1.54, 1.807) is 0 Å². The first kappa shape index (κ1) is 29.2. The minimum absolute atomic E-state index is 0.473. The largest absolute Gasteiger partial charge is 0.103 e. The van der Waals surface area contributed by atoms with Gasteiger partial charge in [-0.1, -0.05) is 112 Å². The van der Waals surface area contributed by atoms with Crippen molar-refractivity contribution in [1.29, 1.82) is 0 Å². The van der Waals surface area contributed by atoms with E-state index in [9.17, 15) is 0 Å². The lowest BCUT2D eigenvalue weighted by Gasteiger charge is -2.13. The predicted octanol–water partition coefficient (Wildman–Crippen LogP) is 10.5. The molecule has 0 N–H and O–H groups in total. The second kappa shape index (κ2) is 15.1. The lowest BCUT2D eigenvalue weighted by molar-refractivity contribution is 0.725. The van der Waals surface area contributed by atoms with Gasteiger partial charge in [-0.05, 0) is 91.9 Å². The van der Waals surface area contributed by atoms with Crippen LogP contribution in [0.4, 0.5) is 0 Å². The molecule has 0 heteroatoms. The van der Waals surface area contributed by atoms with Crippen LogP contribution in [0.25, 0.3) is 5.57 Å². The van der Waals surface area contributed by atoms with E-state index in [-0.39, 0.29) is 0 Å². The molecule has 1 aromatic rings. The van der Waals surface area contributed by atoms with Crippen molar-refractivity contribution >= 4 is 5.57 Å². The number of benzene rings is 1. The minimum Gasteiger partial charge on any atom is -0.103 e. The second-order valence-corrected chi connectivity index (χ2v) is 9.19. The quantitative estimate of drug-likeness (QED) is 0.205. The fourth-order valence-electron chi connectivity index (χ4n) is 4.29. The van der Waals surface area contributed by atoms with Crippen molar-refractivity contribution < 1.29 is 0 Å². The third-order valence-electron chi connectivity index (χ3n) is 6.25. The Morgan fingerprint density at radius 2 is 1.68 bits per heavy atom. The van der Waals surface area contributed by atoms with Crippen LogP contribution in [0.3, 0.4) is 0 Å². The highest BCUT2D eigenvalue weighted by Crippen LogP contribution is 2.27. The molecule has 0 bridgehead atoms. The molecular formula is C34H46. The summed E-state index contributed by atoms with van der Waals surface area (Å²) in [5, 5.41) is 0. The first-order valence-corrected chi connectivity index (χ1v) is 12.7. The maximum atomic E-state index is 4.08. The Kier molecular flexibility index (Phi) is 13.0. The molecule has 0 heterocycles. The van der Waals surface area contributed by atoms with Gasteiger partial charge >= 0.3 is 0 Å². The van der Waals surface area contributed by atoms with Gasteiger partial charge in [0, 0.05) is 0 Å². The van der Waals surface area contributed by atoms with E-state index in [1.807, 2.05) is 18.2 Å². The van der Waals surface area contributed by atoms with Crippen molar-refractivity contribution in [2.75, 3.05) is 0 Å². The first-order valence-electron chi connectivity index (χ1n) is 12.7. The normalized spacial score (nSPS) is 15.0. The number of aryl methyl sites for hydroxylation is 1. The van der Waals surface area contributed by atoms with E-state index in [1.165, 1.54) is 50.1 Å².